The Labute approximate surface area is 200 Å². The normalized spacial score (nSPS) is 16.3. The quantitative estimate of drug-likeness (QED) is 0.186. The molecule has 1 unspecified atom stereocenters. The molecule has 1 amide bonds. The largest absolute Gasteiger partial charge is 0.384 e. The lowest BCUT2D eigenvalue weighted by Gasteiger charge is -2.17. The van der Waals surface area contributed by atoms with Crippen molar-refractivity contribution in [3.63, 3.8) is 0 Å². The van der Waals surface area contributed by atoms with Gasteiger partial charge >= 0.3 is 0 Å². The number of carbonyl (C=O) groups is 1. The first-order valence-corrected chi connectivity index (χ1v) is 13.5. The summed E-state index contributed by atoms with van der Waals surface area (Å²) in [5.74, 6) is -0.318. The predicted molar refractivity (Wildman–Crippen MR) is 129 cm³/mol. The van der Waals surface area contributed by atoms with Gasteiger partial charge in [0.1, 0.15) is 16.1 Å². The molecule has 33 heavy (non-hydrogen) atoms. The van der Waals surface area contributed by atoms with Crippen LogP contribution >= 0.6 is 23.1 Å². The Hall–Kier alpha value is -2.80. The number of thioether (sulfide) groups is 1. The number of amidine groups is 1. The van der Waals surface area contributed by atoms with Crippen molar-refractivity contribution in [1.29, 1.82) is 5.41 Å². The van der Waals surface area contributed by atoms with Crippen LogP contribution in [0.2, 0.25) is 0 Å². The first-order chi connectivity index (χ1) is 15.8. The van der Waals surface area contributed by atoms with Gasteiger partial charge in [-0.2, -0.15) is 4.72 Å². The Morgan fingerprint density at radius 2 is 2.15 bits per heavy atom. The molecule has 4 rings (SSSR count). The summed E-state index contributed by atoms with van der Waals surface area (Å²) in [4.78, 5) is 23.7. The summed E-state index contributed by atoms with van der Waals surface area (Å²) in [6.45, 7) is 0.761. The number of nitrogens with two attached hydrogens (primary N) is 1. The second kappa shape index (κ2) is 9.59. The first-order valence-electron chi connectivity index (χ1n) is 9.98. The fraction of sp³-hybridized carbons (Fsp3) is 0.238. The molecule has 0 radical (unpaired) electrons. The van der Waals surface area contributed by atoms with E-state index in [2.05, 4.69) is 14.7 Å². The Morgan fingerprint density at radius 1 is 1.33 bits per heavy atom. The van der Waals surface area contributed by atoms with E-state index >= 15 is 0 Å². The smallest absolute Gasteiger partial charge is 0.250 e. The summed E-state index contributed by atoms with van der Waals surface area (Å²) in [5.41, 5.74) is 7.60. The lowest BCUT2D eigenvalue weighted by Crippen LogP contribution is -2.41. The summed E-state index contributed by atoms with van der Waals surface area (Å²) < 4.78 is 28.6. The van der Waals surface area contributed by atoms with Crippen LogP contribution in [0.1, 0.15) is 17.5 Å². The van der Waals surface area contributed by atoms with Crippen LogP contribution in [0, 0.1) is 5.41 Å². The van der Waals surface area contributed by atoms with Crippen LogP contribution in [-0.2, 0) is 21.4 Å². The van der Waals surface area contributed by atoms with E-state index in [4.69, 9.17) is 11.1 Å². The molecule has 172 valence electrons. The second-order valence-electron chi connectivity index (χ2n) is 7.38. The molecule has 9 nitrogen and oxygen atoms in total. The number of nitrogens with one attached hydrogen (secondary N) is 2. The molecule has 1 saturated heterocycles. The third-order valence-electron chi connectivity index (χ3n) is 5.12. The van der Waals surface area contributed by atoms with Crippen molar-refractivity contribution in [2.75, 3.05) is 12.8 Å². The molecule has 1 aliphatic heterocycles. The summed E-state index contributed by atoms with van der Waals surface area (Å²) in [7, 11) is -3.87. The molecule has 12 heteroatoms. The maximum absolute atomic E-state index is 12.9. The van der Waals surface area contributed by atoms with Crippen molar-refractivity contribution in [2.24, 2.45) is 5.73 Å². The number of carbonyl (C=O) groups excluding carboxylic acids is 1. The number of sulfonamides is 1. The molecule has 0 saturated carbocycles. The average molecular weight is 503 g/mol. The van der Waals surface area contributed by atoms with Gasteiger partial charge < -0.3 is 10.6 Å². The van der Waals surface area contributed by atoms with E-state index in [1.54, 1.807) is 41.4 Å². The summed E-state index contributed by atoms with van der Waals surface area (Å²) in [6, 6.07) is 11.3. The third kappa shape index (κ3) is 5.24. The van der Waals surface area contributed by atoms with Gasteiger partial charge in [-0.15, -0.1) is 11.3 Å². The minimum Gasteiger partial charge on any atom is -0.384 e. The van der Waals surface area contributed by atoms with Gasteiger partial charge in [-0.3, -0.25) is 10.2 Å². The number of hydrogen-bond donors (Lipinski definition) is 3. The summed E-state index contributed by atoms with van der Waals surface area (Å²) in [6.07, 6.45) is 3.89. The molecule has 1 atom stereocenters. The van der Waals surface area contributed by atoms with Crippen molar-refractivity contribution in [1.82, 2.24) is 19.6 Å². The van der Waals surface area contributed by atoms with Gasteiger partial charge in [-0.05, 0) is 42.5 Å². The topological polar surface area (TPSA) is 142 Å². The number of benzene rings is 1. The van der Waals surface area contributed by atoms with E-state index in [0.717, 1.165) is 16.9 Å². The second-order valence-corrected chi connectivity index (χ2v) is 11.2. The molecular weight excluding hydrogens is 480 g/mol. The highest BCUT2D eigenvalue weighted by molar-refractivity contribution is 7.98. The van der Waals surface area contributed by atoms with E-state index in [1.807, 2.05) is 12.3 Å². The third-order valence-corrected chi connectivity index (χ3v) is 8.75. The maximum Gasteiger partial charge on any atom is 0.250 e. The molecule has 0 aliphatic carbocycles. The molecule has 0 bridgehead atoms. The summed E-state index contributed by atoms with van der Waals surface area (Å²) >= 11 is 2.50. The zero-order chi connectivity index (χ0) is 23.6. The van der Waals surface area contributed by atoms with Gasteiger partial charge in [0.15, 0.2) is 5.16 Å². The van der Waals surface area contributed by atoms with Crippen LogP contribution in [0.15, 0.2) is 58.0 Å². The zero-order valence-corrected chi connectivity index (χ0v) is 20.1. The Morgan fingerprint density at radius 3 is 2.91 bits per heavy atom. The number of thiophene rings is 1. The SMILES string of the molecule is CSc1nccc(-c2ccc(S(=O)(=O)NC3CCN(Cc4cccc(C(=N)N)c4)C3=O)s2)n1. The first kappa shape index (κ1) is 23.4. The molecule has 3 heterocycles. The molecule has 2 aromatic heterocycles. The van der Waals surface area contributed by atoms with Crippen molar-refractivity contribution in [3.05, 3.63) is 59.8 Å². The van der Waals surface area contributed by atoms with Crippen molar-refractivity contribution >= 4 is 44.9 Å². The van der Waals surface area contributed by atoms with E-state index in [1.165, 1.54) is 17.8 Å². The Balaban J connectivity index is 1.44. The molecule has 1 fully saturated rings. The predicted octanol–water partition coefficient (Wildman–Crippen LogP) is 2.29. The number of aromatic nitrogens is 2. The van der Waals surface area contributed by atoms with Crippen LogP contribution in [0.25, 0.3) is 10.6 Å². The van der Waals surface area contributed by atoms with Crippen molar-refractivity contribution < 1.29 is 13.2 Å². The van der Waals surface area contributed by atoms with Crippen LogP contribution in [0.3, 0.4) is 0 Å². The molecule has 4 N–H and O–H groups in total. The van der Waals surface area contributed by atoms with Gasteiger partial charge in [-0.25, -0.2) is 18.4 Å². The fourth-order valence-electron chi connectivity index (χ4n) is 3.49. The number of rotatable bonds is 8. The summed E-state index contributed by atoms with van der Waals surface area (Å²) in [5, 5.41) is 8.16. The number of likely N-dealkylation sites (tertiary alicyclic amines) is 1. The Kier molecular flexibility index (Phi) is 6.79. The fourth-order valence-corrected chi connectivity index (χ4v) is 6.36. The maximum atomic E-state index is 12.9. The number of hydrogen-bond acceptors (Lipinski definition) is 8. The highest BCUT2D eigenvalue weighted by atomic mass is 32.2. The standard InChI is InChI=1S/C21H22N6O3S3/c1-31-21-24-9-7-15(25-21)17-5-6-18(32-17)33(29,30)26-16-8-10-27(20(16)28)12-13-3-2-4-14(11-13)19(22)23/h2-7,9,11,16,26H,8,10,12H2,1H3,(H3,22,23). The van der Waals surface area contributed by atoms with Crippen LogP contribution in [-0.4, -0.2) is 53.9 Å². The molecule has 1 aromatic carbocycles. The highest BCUT2D eigenvalue weighted by Crippen LogP contribution is 2.30. The van der Waals surface area contributed by atoms with Gasteiger partial charge in [0.05, 0.1) is 10.6 Å². The van der Waals surface area contributed by atoms with E-state index < -0.39 is 16.1 Å². The van der Waals surface area contributed by atoms with Gasteiger partial charge in [-0.1, -0.05) is 30.0 Å². The molecular formula is C21H22N6O3S3. The van der Waals surface area contributed by atoms with E-state index in [-0.39, 0.29) is 16.0 Å². The molecule has 1 aliphatic rings. The van der Waals surface area contributed by atoms with Gasteiger partial charge in [0.25, 0.3) is 10.0 Å². The van der Waals surface area contributed by atoms with Crippen LogP contribution in [0.5, 0.6) is 0 Å². The Bertz CT molecular complexity index is 1310. The average Bonchev–Trinajstić information content (AvgIpc) is 3.43. The minimum absolute atomic E-state index is 0.0443. The number of nitrogens with zero attached hydrogens (tertiary/aromatic N) is 3. The van der Waals surface area contributed by atoms with Gasteiger partial charge in [0.2, 0.25) is 5.91 Å². The van der Waals surface area contributed by atoms with Crippen molar-refractivity contribution in [3.8, 4) is 10.6 Å². The van der Waals surface area contributed by atoms with E-state index in [0.29, 0.717) is 40.8 Å². The highest BCUT2D eigenvalue weighted by Gasteiger charge is 2.35. The number of nitrogen functional groups attached to an aromatic ring is 1. The van der Waals surface area contributed by atoms with Crippen LogP contribution in [0.4, 0.5) is 0 Å². The zero-order valence-electron chi connectivity index (χ0n) is 17.7. The van der Waals surface area contributed by atoms with Crippen molar-refractivity contribution in [2.45, 2.75) is 28.4 Å². The minimum atomic E-state index is -3.87. The molecule has 3 aromatic rings. The van der Waals surface area contributed by atoms with E-state index in [9.17, 15) is 13.2 Å². The lowest BCUT2D eigenvalue weighted by molar-refractivity contribution is -0.129. The molecule has 0 spiro atoms. The number of amides is 1. The van der Waals surface area contributed by atoms with Crippen LogP contribution < -0.4 is 10.5 Å². The van der Waals surface area contributed by atoms with Gasteiger partial charge in [0, 0.05) is 24.8 Å². The lowest BCUT2D eigenvalue weighted by atomic mass is 10.1. The monoisotopic (exact) mass is 502 g/mol.